The number of hydrogen-bond acceptors (Lipinski definition) is 2. The molecule has 2 bridgehead atoms. The van der Waals surface area contributed by atoms with E-state index >= 15 is 0 Å². The van der Waals surface area contributed by atoms with E-state index in [2.05, 4.69) is 58.3 Å². The molecule has 2 saturated carbocycles. The molecule has 0 spiro atoms. The van der Waals surface area contributed by atoms with Crippen LogP contribution in [0.3, 0.4) is 0 Å². The summed E-state index contributed by atoms with van der Waals surface area (Å²) in [7, 11) is 4.30. The van der Waals surface area contributed by atoms with E-state index in [9.17, 15) is 0 Å². The Kier molecular flexibility index (Phi) is 4.60. The summed E-state index contributed by atoms with van der Waals surface area (Å²) in [6, 6.07) is 7.06. The van der Waals surface area contributed by atoms with Gasteiger partial charge in [-0.2, -0.15) is 0 Å². The van der Waals surface area contributed by atoms with Gasteiger partial charge in [0.15, 0.2) is 0 Å². The summed E-state index contributed by atoms with van der Waals surface area (Å²) in [5.74, 6) is 2.95. The van der Waals surface area contributed by atoms with Crippen molar-refractivity contribution in [1.82, 2.24) is 5.32 Å². The van der Waals surface area contributed by atoms with Gasteiger partial charge in [-0.1, -0.05) is 22.4 Å². The van der Waals surface area contributed by atoms with E-state index in [1.54, 1.807) is 0 Å². The molecular weight excluding hydrogens is 324 g/mol. The van der Waals surface area contributed by atoms with Crippen molar-refractivity contribution in [3.8, 4) is 0 Å². The van der Waals surface area contributed by atoms with Crippen molar-refractivity contribution >= 4 is 21.6 Å². The average molecular weight is 351 g/mol. The summed E-state index contributed by atoms with van der Waals surface area (Å²) >= 11 is 3.61. The molecule has 3 heteroatoms. The Hall–Kier alpha value is -0.540. The van der Waals surface area contributed by atoms with Crippen LogP contribution in [0.25, 0.3) is 0 Å². The molecule has 1 aromatic carbocycles. The molecule has 0 saturated heterocycles. The van der Waals surface area contributed by atoms with Crippen LogP contribution in [-0.4, -0.2) is 20.6 Å². The molecular formula is C18H27BrN2. The lowest BCUT2D eigenvalue weighted by atomic mass is 9.88. The fourth-order valence-corrected chi connectivity index (χ4v) is 4.80. The highest BCUT2D eigenvalue weighted by Gasteiger charge is 2.39. The first-order chi connectivity index (χ1) is 10.1. The van der Waals surface area contributed by atoms with Crippen molar-refractivity contribution in [2.24, 2.45) is 17.8 Å². The third-order valence-electron chi connectivity index (χ3n) is 5.69. The Bertz CT molecular complexity index is 502. The van der Waals surface area contributed by atoms with Crippen LogP contribution in [0.1, 0.15) is 44.2 Å². The lowest BCUT2D eigenvalue weighted by Crippen LogP contribution is -2.30. The Balaban J connectivity index is 1.76. The zero-order chi connectivity index (χ0) is 15.0. The van der Waals surface area contributed by atoms with Gasteiger partial charge in [0.1, 0.15) is 0 Å². The Labute approximate surface area is 137 Å². The third kappa shape index (κ3) is 3.14. The first-order valence-electron chi connectivity index (χ1n) is 8.26. The lowest BCUT2D eigenvalue weighted by Gasteiger charge is -2.31. The molecule has 2 aliphatic rings. The quantitative estimate of drug-likeness (QED) is 0.834. The predicted octanol–water partition coefficient (Wildman–Crippen LogP) is 4.60. The molecule has 0 radical (unpaired) electrons. The molecule has 0 heterocycles. The van der Waals surface area contributed by atoms with Gasteiger partial charge in [-0.25, -0.2) is 0 Å². The summed E-state index contributed by atoms with van der Waals surface area (Å²) < 4.78 is 1.16. The van der Waals surface area contributed by atoms with Gasteiger partial charge in [-0.15, -0.1) is 0 Å². The van der Waals surface area contributed by atoms with Gasteiger partial charge in [-0.05, 0) is 74.8 Å². The molecule has 2 nitrogen and oxygen atoms in total. The molecule has 2 aliphatic carbocycles. The number of anilines is 1. The maximum atomic E-state index is 3.61. The van der Waals surface area contributed by atoms with Crippen LogP contribution in [0.5, 0.6) is 0 Å². The molecule has 4 unspecified atom stereocenters. The minimum Gasteiger partial charge on any atom is -0.374 e. The predicted molar refractivity (Wildman–Crippen MR) is 93.8 cm³/mol. The van der Waals surface area contributed by atoms with Crippen LogP contribution in [-0.2, 0) is 0 Å². The minimum atomic E-state index is 0.375. The van der Waals surface area contributed by atoms with Crippen LogP contribution >= 0.6 is 15.9 Å². The van der Waals surface area contributed by atoms with Crippen LogP contribution in [0.15, 0.2) is 22.7 Å². The second-order valence-electron chi connectivity index (χ2n) is 7.03. The molecule has 0 aromatic heterocycles. The van der Waals surface area contributed by atoms with Gasteiger partial charge in [-0.3, -0.25) is 0 Å². The fourth-order valence-electron chi connectivity index (χ4n) is 4.43. The largest absolute Gasteiger partial charge is 0.374 e. The van der Waals surface area contributed by atoms with E-state index in [-0.39, 0.29) is 0 Å². The van der Waals surface area contributed by atoms with E-state index < -0.39 is 0 Å². The molecule has 1 N–H and O–H groups in total. The summed E-state index contributed by atoms with van der Waals surface area (Å²) in [6.07, 6.45) is 5.93. The highest BCUT2D eigenvalue weighted by Crippen LogP contribution is 2.48. The van der Waals surface area contributed by atoms with Crippen molar-refractivity contribution in [2.75, 3.05) is 25.5 Å². The van der Waals surface area contributed by atoms with E-state index in [1.165, 1.54) is 43.5 Å². The van der Waals surface area contributed by atoms with Gasteiger partial charge in [0, 0.05) is 29.8 Å². The third-order valence-corrected chi connectivity index (χ3v) is 6.19. The molecule has 2 fully saturated rings. The SMILES string of the molecule is CNC(C)c1cc(Br)ccc1N(C)CC1CC2CCC1C2. The first kappa shape index (κ1) is 15.4. The zero-order valence-corrected chi connectivity index (χ0v) is 15.0. The number of benzene rings is 1. The van der Waals surface area contributed by atoms with Crippen LogP contribution in [0.4, 0.5) is 5.69 Å². The highest BCUT2D eigenvalue weighted by molar-refractivity contribution is 9.10. The van der Waals surface area contributed by atoms with E-state index in [4.69, 9.17) is 0 Å². The topological polar surface area (TPSA) is 15.3 Å². The number of nitrogens with one attached hydrogen (secondary N) is 1. The molecule has 4 atom stereocenters. The first-order valence-corrected chi connectivity index (χ1v) is 9.05. The standard InChI is InChI=1S/C18H27BrN2/c1-12(20-2)17-10-16(19)6-7-18(17)21(3)11-15-9-13-4-5-14(15)8-13/h6-7,10,12-15,20H,4-5,8-9,11H2,1-3H3. The Morgan fingerprint density at radius 3 is 2.76 bits per heavy atom. The number of nitrogens with zero attached hydrogens (tertiary/aromatic N) is 1. The van der Waals surface area contributed by atoms with Crippen LogP contribution in [0.2, 0.25) is 0 Å². The van der Waals surface area contributed by atoms with Crippen molar-refractivity contribution in [3.63, 3.8) is 0 Å². The van der Waals surface area contributed by atoms with Crippen LogP contribution < -0.4 is 10.2 Å². The number of fused-ring (bicyclic) bond motifs is 2. The van der Waals surface area contributed by atoms with E-state index in [1.807, 2.05) is 7.05 Å². The molecule has 1 aromatic rings. The van der Waals surface area contributed by atoms with Gasteiger partial charge >= 0.3 is 0 Å². The van der Waals surface area contributed by atoms with Gasteiger partial charge in [0.05, 0.1) is 0 Å². The van der Waals surface area contributed by atoms with Gasteiger partial charge in [0.25, 0.3) is 0 Å². The molecule has 0 aliphatic heterocycles. The maximum absolute atomic E-state index is 3.61. The fraction of sp³-hybridized carbons (Fsp3) is 0.667. The van der Waals surface area contributed by atoms with Crippen molar-refractivity contribution in [3.05, 3.63) is 28.2 Å². The second kappa shape index (κ2) is 6.29. The highest BCUT2D eigenvalue weighted by atomic mass is 79.9. The second-order valence-corrected chi connectivity index (χ2v) is 7.94. The molecule has 116 valence electrons. The monoisotopic (exact) mass is 350 g/mol. The molecule has 21 heavy (non-hydrogen) atoms. The van der Waals surface area contributed by atoms with Gasteiger partial charge in [0.2, 0.25) is 0 Å². The Morgan fingerprint density at radius 1 is 1.33 bits per heavy atom. The normalized spacial score (nSPS) is 28.9. The lowest BCUT2D eigenvalue weighted by molar-refractivity contribution is 0.337. The summed E-state index contributed by atoms with van der Waals surface area (Å²) in [5.41, 5.74) is 2.76. The smallest absolute Gasteiger partial charge is 0.0412 e. The van der Waals surface area contributed by atoms with Crippen LogP contribution in [0, 0.1) is 17.8 Å². The zero-order valence-electron chi connectivity index (χ0n) is 13.4. The minimum absolute atomic E-state index is 0.375. The van der Waals surface area contributed by atoms with Gasteiger partial charge < -0.3 is 10.2 Å². The summed E-state index contributed by atoms with van der Waals surface area (Å²) in [5, 5.41) is 3.38. The molecule has 0 amide bonds. The summed E-state index contributed by atoms with van der Waals surface area (Å²) in [6.45, 7) is 3.45. The van der Waals surface area contributed by atoms with Crippen molar-refractivity contribution in [2.45, 2.75) is 38.6 Å². The maximum Gasteiger partial charge on any atom is 0.0412 e. The number of rotatable bonds is 5. The van der Waals surface area contributed by atoms with E-state index in [0.29, 0.717) is 6.04 Å². The van der Waals surface area contributed by atoms with Crippen molar-refractivity contribution in [1.29, 1.82) is 0 Å². The van der Waals surface area contributed by atoms with Crippen molar-refractivity contribution < 1.29 is 0 Å². The number of hydrogen-bond donors (Lipinski definition) is 1. The average Bonchev–Trinajstić information content (AvgIpc) is 3.08. The summed E-state index contributed by atoms with van der Waals surface area (Å²) in [4.78, 5) is 2.49. The van der Waals surface area contributed by atoms with E-state index in [0.717, 1.165) is 22.2 Å². The molecule has 3 rings (SSSR count). The Morgan fingerprint density at radius 2 is 2.14 bits per heavy atom. The number of halogens is 1.